The summed E-state index contributed by atoms with van der Waals surface area (Å²) in [5.41, 5.74) is 8.28. The molecule has 1 aliphatic heterocycles. The molecule has 0 aliphatic carbocycles. The maximum atomic E-state index is 12.1. The van der Waals surface area contributed by atoms with Gasteiger partial charge in [-0.3, -0.25) is 9.69 Å². The standard InChI is InChI=1S/C15H25N3O4/c1-14(2)8-10(9-15(3,4)18(14)5)22-13(20)11(17-16)7-12(19)21-6/h10H,7-9H2,1-6H3. The van der Waals surface area contributed by atoms with Crippen LogP contribution in [0.3, 0.4) is 0 Å². The number of hydrogen-bond acceptors (Lipinski definition) is 5. The van der Waals surface area contributed by atoms with Crippen molar-refractivity contribution in [3.05, 3.63) is 5.53 Å². The van der Waals surface area contributed by atoms with Crippen LogP contribution < -0.4 is 0 Å². The lowest BCUT2D eigenvalue weighted by atomic mass is 9.79. The number of hydrogen-bond donors (Lipinski definition) is 0. The Hall–Kier alpha value is -1.72. The zero-order valence-corrected chi connectivity index (χ0v) is 14.2. The van der Waals surface area contributed by atoms with E-state index in [0.29, 0.717) is 12.8 Å². The van der Waals surface area contributed by atoms with Crippen molar-refractivity contribution in [2.45, 2.75) is 64.1 Å². The number of methoxy groups -OCH3 is 1. The molecule has 0 atom stereocenters. The molecule has 0 spiro atoms. The molecule has 124 valence electrons. The highest BCUT2D eigenvalue weighted by atomic mass is 16.5. The van der Waals surface area contributed by atoms with E-state index in [2.05, 4.69) is 49.2 Å². The second-order valence-corrected chi connectivity index (χ2v) is 6.92. The van der Waals surface area contributed by atoms with E-state index in [-0.39, 0.29) is 22.9 Å². The highest BCUT2D eigenvalue weighted by Gasteiger charge is 2.45. The van der Waals surface area contributed by atoms with Crippen LogP contribution in [0.1, 0.15) is 47.0 Å². The minimum atomic E-state index is -0.783. The van der Waals surface area contributed by atoms with Gasteiger partial charge in [0.2, 0.25) is 0 Å². The molecule has 0 aromatic carbocycles. The molecule has 1 rings (SSSR count). The van der Waals surface area contributed by atoms with Gasteiger partial charge in [0, 0.05) is 23.9 Å². The Morgan fingerprint density at radius 1 is 1.23 bits per heavy atom. The van der Waals surface area contributed by atoms with Gasteiger partial charge in [0.05, 0.1) is 7.11 Å². The van der Waals surface area contributed by atoms with Gasteiger partial charge in [0.1, 0.15) is 6.10 Å². The summed E-state index contributed by atoms with van der Waals surface area (Å²) in [5.74, 6) is -1.44. The quantitative estimate of drug-likeness (QED) is 0.339. The van der Waals surface area contributed by atoms with Gasteiger partial charge in [-0.2, -0.15) is 4.79 Å². The first-order valence-electron chi connectivity index (χ1n) is 7.26. The number of esters is 2. The van der Waals surface area contributed by atoms with Crippen molar-refractivity contribution in [3.8, 4) is 0 Å². The van der Waals surface area contributed by atoms with Crippen molar-refractivity contribution < 1.29 is 23.9 Å². The molecule has 1 saturated heterocycles. The fourth-order valence-electron chi connectivity index (χ4n) is 2.94. The zero-order chi connectivity index (χ0) is 17.1. The van der Waals surface area contributed by atoms with E-state index in [9.17, 15) is 9.59 Å². The summed E-state index contributed by atoms with van der Waals surface area (Å²) in [6.45, 7) is 8.35. The van der Waals surface area contributed by atoms with Crippen molar-refractivity contribution in [1.29, 1.82) is 0 Å². The van der Waals surface area contributed by atoms with Crippen LogP contribution in [0.2, 0.25) is 0 Å². The molecule has 0 N–H and O–H groups in total. The van der Waals surface area contributed by atoms with Crippen molar-refractivity contribution in [2.75, 3.05) is 14.2 Å². The van der Waals surface area contributed by atoms with Crippen molar-refractivity contribution in [2.24, 2.45) is 0 Å². The van der Waals surface area contributed by atoms with Crippen LogP contribution in [-0.2, 0) is 19.1 Å². The average molecular weight is 311 g/mol. The average Bonchev–Trinajstić information content (AvgIpc) is 2.40. The van der Waals surface area contributed by atoms with Gasteiger partial charge in [-0.15, -0.1) is 0 Å². The Bertz CT molecular complexity index is 489. The van der Waals surface area contributed by atoms with Gasteiger partial charge in [-0.25, -0.2) is 4.79 Å². The molecule has 0 aromatic rings. The summed E-state index contributed by atoms with van der Waals surface area (Å²) in [4.78, 5) is 28.4. The molecule has 0 aromatic heterocycles. The van der Waals surface area contributed by atoms with Gasteiger partial charge < -0.3 is 15.0 Å². The number of piperidine rings is 1. The summed E-state index contributed by atoms with van der Waals surface area (Å²) in [7, 11) is 3.25. The van der Waals surface area contributed by atoms with Crippen LogP contribution in [0.5, 0.6) is 0 Å². The fraction of sp³-hybridized carbons (Fsp3) is 0.800. The molecule has 0 radical (unpaired) electrons. The number of rotatable bonds is 4. The predicted molar refractivity (Wildman–Crippen MR) is 80.3 cm³/mol. The lowest BCUT2D eigenvalue weighted by Crippen LogP contribution is -2.60. The lowest BCUT2D eigenvalue weighted by Gasteiger charge is -2.53. The van der Waals surface area contributed by atoms with Gasteiger partial charge in [0.25, 0.3) is 0 Å². The monoisotopic (exact) mass is 311 g/mol. The molecule has 1 heterocycles. The number of carbonyl (C=O) groups excluding carboxylic acids is 2. The molecule has 0 bridgehead atoms. The van der Waals surface area contributed by atoms with Gasteiger partial charge in [0.15, 0.2) is 6.42 Å². The van der Waals surface area contributed by atoms with Crippen LogP contribution in [0.25, 0.3) is 5.53 Å². The van der Waals surface area contributed by atoms with Crippen LogP contribution in [0.15, 0.2) is 0 Å². The molecule has 22 heavy (non-hydrogen) atoms. The SMILES string of the molecule is COC(=O)CC(=[N+]=[N-])C(=O)OC1CC(C)(C)N(C)C(C)(C)C1. The number of nitrogens with zero attached hydrogens (tertiary/aromatic N) is 3. The van der Waals surface area contributed by atoms with Crippen LogP contribution in [0, 0.1) is 0 Å². The zero-order valence-electron chi connectivity index (χ0n) is 14.2. The number of carbonyl (C=O) groups is 2. The van der Waals surface area contributed by atoms with E-state index >= 15 is 0 Å². The highest BCUT2D eigenvalue weighted by molar-refractivity contribution is 6.36. The Labute approximate surface area is 131 Å². The Balaban J connectivity index is 2.80. The second-order valence-electron chi connectivity index (χ2n) is 6.92. The Morgan fingerprint density at radius 3 is 2.14 bits per heavy atom. The molecule has 0 amide bonds. The first kappa shape index (κ1) is 18.3. The van der Waals surface area contributed by atoms with E-state index in [1.54, 1.807) is 0 Å². The van der Waals surface area contributed by atoms with Crippen LogP contribution >= 0.6 is 0 Å². The molecule has 1 fully saturated rings. The first-order chi connectivity index (χ1) is 10.0. The third-order valence-electron chi connectivity index (χ3n) is 4.44. The number of ether oxygens (including phenoxy) is 2. The maximum Gasteiger partial charge on any atom is 0.417 e. The summed E-state index contributed by atoms with van der Waals surface area (Å²) >= 11 is 0. The molecule has 0 saturated carbocycles. The number of likely N-dealkylation sites (tertiary alicyclic amines) is 1. The van der Waals surface area contributed by atoms with Crippen LogP contribution in [0.4, 0.5) is 0 Å². The van der Waals surface area contributed by atoms with E-state index in [1.807, 2.05) is 0 Å². The third kappa shape index (κ3) is 4.15. The van der Waals surface area contributed by atoms with Crippen molar-refractivity contribution >= 4 is 17.7 Å². The highest BCUT2D eigenvalue weighted by Crippen LogP contribution is 2.38. The Kier molecular flexibility index (Phi) is 5.49. The molecule has 1 aliphatic rings. The molecule has 0 unspecified atom stereocenters. The van der Waals surface area contributed by atoms with E-state index in [4.69, 9.17) is 10.3 Å². The molecular formula is C15H25N3O4. The van der Waals surface area contributed by atoms with Crippen molar-refractivity contribution in [3.63, 3.8) is 0 Å². The maximum absolute atomic E-state index is 12.1. The predicted octanol–water partition coefficient (Wildman–Crippen LogP) is 1.41. The van der Waals surface area contributed by atoms with E-state index in [0.717, 1.165) is 0 Å². The minimum Gasteiger partial charge on any atom is -0.469 e. The van der Waals surface area contributed by atoms with E-state index in [1.165, 1.54) is 7.11 Å². The first-order valence-corrected chi connectivity index (χ1v) is 7.26. The summed E-state index contributed by atoms with van der Waals surface area (Å²) in [6, 6.07) is 0. The molecular weight excluding hydrogens is 286 g/mol. The summed E-state index contributed by atoms with van der Waals surface area (Å²) < 4.78 is 9.90. The molecule has 7 nitrogen and oxygen atoms in total. The minimum absolute atomic E-state index is 0.133. The Morgan fingerprint density at radius 2 is 1.73 bits per heavy atom. The topological polar surface area (TPSA) is 92.2 Å². The van der Waals surface area contributed by atoms with Gasteiger partial charge >= 0.3 is 17.7 Å². The van der Waals surface area contributed by atoms with Crippen LogP contribution in [-0.4, -0.2) is 58.7 Å². The fourth-order valence-corrected chi connectivity index (χ4v) is 2.94. The lowest BCUT2D eigenvalue weighted by molar-refractivity contribution is -0.156. The van der Waals surface area contributed by atoms with Crippen molar-refractivity contribution in [1.82, 2.24) is 4.90 Å². The third-order valence-corrected chi connectivity index (χ3v) is 4.44. The van der Waals surface area contributed by atoms with Gasteiger partial charge in [-0.1, -0.05) is 0 Å². The molecule has 7 heteroatoms. The van der Waals surface area contributed by atoms with E-state index < -0.39 is 18.4 Å². The summed E-state index contributed by atoms with van der Waals surface area (Å²) in [6.07, 6.45) is 0.610. The summed E-state index contributed by atoms with van der Waals surface area (Å²) in [5, 5.41) is 0. The smallest absolute Gasteiger partial charge is 0.417 e. The second kappa shape index (κ2) is 6.58. The normalized spacial score (nSPS) is 20.8. The van der Waals surface area contributed by atoms with Gasteiger partial charge in [-0.05, 0) is 34.7 Å². The largest absolute Gasteiger partial charge is 0.469 e.